The zero-order chi connectivity index (χ0) is 13.9. The highest BCUT2D eigenvalue weighted by Gasteiger charge is 2.13. The first-order valence-corrected chi connectivity index (χ1v) is 6.08. The molecule has 4 nitrogen and oxygen atoms in total. The number of furan rings is 1. The molecule has 20 heavy (non-hydrogen) atoms. The van der Waals surface area contributed by atoms with Gasteiger partial charge in [0.1, 0.15) is 17.9 Å². The fourth-order valence-corrected chi connectivity index (χ4v) is 2.12. The maximum absolute atomic E-state index is 9.38. The molecule has 3 rings (SSSR count). The lowest BCUT2D eigenvalue weighted by Gasteiger charge is -2.04. The summed E-state index contributed by atoms with van der Waals surface area (Å²) in [6, 6.07) is 13.3. The number of benzene rings is 1. The molecule has 0 atom stereocenters. The molecule has 0 aliphatic rings. The number of para-hydroxylation sites is 1. The molecule has 0 saturated heterocycles. The third-order valence-corrected chi connectivity index (χ3v) is 3.12. The number of rotatable bonds is 2. The highest BCUT2D eigenvalue weighted by molar-refractivity contribution is 6.02. The molecule has 0 aliphatic heterocycles. The van der Waals surface area contributed by atoms with Crippen molar-refractivity contribution in [3.05, 3.63) is 66.2 Å². The van der Waals surface area contributed by atoms with Gasteiger partial charge in [-0.15, -0.1) is 0 Å². The van der Waals surface area contributed by atoms with Gasteiger partial charge < -0.3 is 10.2 Å². The smallest absolute Gasteiger partial charge is 0.134 e. The van der Waals surface area contributed by atoms with E-state index in [1.54, 1.807) is 30.8 Å². The SMILES string of the molecule is N#C/C(=C(/N)c1coc2ccccc12)c1ccncc1. The number of nitrogens with zero attached hydrogens (tertiary/aromatic N) is 2. The number of allylic oxidation sites excluding steroid dienone is 1. The molecule has 4 heteroatoms. The Bertz CT molecular complexity index is 826. The first kappa shape index (κ1) is 12.0. The van der Waals surface area contributed by atoms with Crippen molar-refractivity contribution in [3.63, 3.8) is 0 Å². The highest BCUT2D eigenvalue weighted by atomic mass is 16.3. The molecule has 3 aromatic rings. The monoisotopic (exact) mass is 261 g/mol. The molecule has 0 fully saturated rings. The summed E-state index contributed by atoms with van der Waals surface area (Å²) >= 11 is 0. The summed E-state index contributed by atoms with van der Waals surface area (Å²) < 4.78 is 5.46. The Morgan fingerprint density at radius 3 is 2.65 bits per heavy atom. The predicted molar refractivity (Wildman–Crippen MR) is 77.1 cm³/mol. The van der Waals surface area contributed by atoms with Crippen molar-refractivity contribution in [2.75, 3.05) is 0 Å². The zero-order valence-electron chi connectivity index (χ0n) is 10.6. The van der Waals surface area contributed by atoms with Crippen LogP contribution in [0, 0.1) is 11.3 Å². The van der Waals surface area contributed by atoms with E-state index in [4.69, 9.17) is 10.2 Å². The van der Waals surface area contributed by atoms with Gasteiger partial charge in [0.05, 0.1) is 11.3 Å². The average molecular weight is 261 g/mol. The molecule has 0 spiro atoms. The minimum Gasteiger partial charge on any atom is -0.464 e. The van der Waals surface area contributed by atoms with Crippen molar-refractivity contribution in [3.8, 4) is 6.07 Å². The molecule has 1 aromatic carbocycles. The van der Waals surface area contributed by atoms with Crippen LogP contribution in [0.1, 0.15) is 11.1 Å². The number of nitrogens with two attached hydrogens (primary N) is 1. The molecule has 2 N–H and O–H groups in total. The molecular weight excluding hydrogens is 250 g/mol. The van der Waals surface area contributed by atoms with E-state index in [-0.39, 0.29) is 0 Å². The highest BCUT2D eigenvalue weighted by Crippen LogP contribution is 2.29. The summed E-state index contributed by atoms with van der Waals surface area (Å²) in [7, 11) is 0. The van der Waals surface area contributed by atoms with E-state index < -0.39 is 0 Å². The molecular formula is C16H11N3O. The molecule has 96 valence electrons. The van der Waals surface area contributed by atoms with Gasteiger partial charge in [-0.1, -0.05) is 18.2 Å². The quantitative estimate of drug-likeness (QED) is 0.719. The van der Waals surface area contributed by atoms with Crippen molar-refractivity contribution in [2.24, 2.45) is 5.73 Å². The minimum absolute atomic E-state index is 0.406. The van der Waals surface area contributed by atoms with Crippen LogP contribution in [0.4, 0.5) is 0 Å². The first-order valence-electron chi connectivity index (χ1n) is 6.08. The lowest BCUT2D eigenvalue weighted by Crippen LogP contribution is -2.00. The molecule has 0 amide bonds. The van der Waals surface area contributed by atoms with E-state index in [9.17, 15) is 5.26 Å². The van der Waals surface area contributed by atoms with Crippen LogP contribution in [0.15, 0.2) is 59.5 Å². The number of pyridine rings is 1. The maximum Gasteiger partial charge on any atom is 0.134 e. The van der Waals surface area contributed by atoms with Crippen molar-refractivity contribution in [1.29, 1.82) is 5.26 Å². The van der Waals surface area contributed by atoms with Gasteiger partial charge in [0.25, 0.3) is 0 Å². The van der Waals surface area contributed by atoms with Crippen LogP contribution in [-0.2, 0) is 0 Å². The summed E-state index contributed by atoms with van der Waals surface area (Å²) in [5.41, 5.74) is 9.21. The number of hydrogen-bond acceptors (Lipinski definition) is 4. The summed E-state index contributed by atoms with van der Waals surface area (Å²) in [5, 5.41) is 10.3. The van der Waals surface area contributed by atoms with Crippen molar-refractivity contribution < 1.29 is 4.42 Å². The van der Waals surface area contributed by atoms with E-state index in [0.29, 0.717) is 11.3 Å². The molecule has 0 unspecified atom stereocenters. The largest absolute Gasteiger partial charge is 0.464 e. The number of aromatic nitrogens is 1. The van der Waals surface area contributed by atoms with E-state index >= 15 is 0 Å². The predicted octanol–water partition coefficient (Wildman–Crippen LogP) is 3.18. The third kappa shape index (κ3) is 1.91. The second kappa shape index (κ2) is 4.90. The second-order valence-electron chi connectivity index (χ2n) is 4.28. The van der Waals surface area contributed by atoms with Gasteiger partial charge in [0, 0.05) is 23.3 Å². The maximum atomic E-state index is 9.38. The molecule has 0 aliphatic carbocycles. The van der Waals surface area contributed by atoms with E-state index in [1.807, 2.05) is 24.3 Å². The first-order chi connectivity index (χ1) is 9.81. The van der Waals surface area contributed by atoms with Gasteiger partial charge in [0.2, 0.25) is 0 Å². The Balaban J connectivity index is 2.22. The number of nitriles is 1. The van der Waals surface area contributed by atoms with E-state index in [2.05, 4.69) is 11.1 Å². The normalized spacial score (nSPS) is 11.9. The fraction of sp³-hybridized carbons (Fsp3) is 0. The van der Waals surface area contributed by atoms with Gasteiger partial charge in [-0.2, -0.15) is 5.26 Å². The Morgan fingerprint density at radius 2 is 1.90 bits per heavy atom. The third-order valence-electron chi connectivity index (χ3n) is 3.12. The van der Waals surface area contributed by atoms with Crippen LogP contribution in [0.25, 0.3) is 22.2 Å². The second-order valence-corrected chi connectivity index (χ2v) is 4.28. The molecule has 0 radical (unpaired) electrons. The Hall–Kier alpha value is -3.06. The van der Waals surface area contributed by atoms with Crippen LogP contribution in [0.5, 0.6) is 0 Å². The van der Waals surface area contributed by atoms with Crippen LogP contribution >= 0.6 is 0 Å². The Morgan fingerprint density at radius 1 is 1.15 bits per heavy atom. The molecule has 2 heterocycles. The summed E-state index contributed by atoms with van der Waals surface area (Å²) in [4.78, 5) is 3.94. The Kier molecular flexibility index (Phi) is 2.94. The molecule has 0 saturated carbocycles. The zero-order valence-corrected chi connectivity index (χ0v) is 10.6. The lowest BCUT2D eigenvalue weighted by atomic mass is 10.0. The summed E-state index contributed by atoms with van der Waals surface area (Å²) in [6.07, 6.45) is 4.85. The average Bonchev–Trinajstić information content (AvgIpc) is 2.93. The van der Waals surface area contributed by atoms with Gasteiger partial charge in [0.15, 0.2) is 0 Å². The number of fused-ring (bicyclic) bond motifs is 1. The topological polar surface area (TPSA) is 75.8 Å². The summed E-state index contributed by atoms with van der Waals surface area (Å²) in [5.74, 6) is 0. The van der Waals surface area contributed by atoms with Crippen LogP contribution < -0.4 is 5.73 Å². The van der Waals surface area contributed by atoms with Crippen molar-refractivity contribution >= 4 is 22.2 Å². The van der Waals surface area contributed by atoms with Crippen molar-refractivity contribution in [2.45, 2.75) is 0 Å². The van der Waals surface area contributed by atoms with Gasteiger partial charge >= 0.3 is 0 Å². The molecule has 2 aromatic heterocycles. The fourth-order valence-electron chi connectivity index (χ4n) is 2.12. The minimum atomic E-state index is 0.406. The Labute approximate surface area is 115 Å². The van der Waals surface area contributed by atoms with Gasteiger partial charge in [-0.25, -0.2) is 0 Å². The van der Waals surface area contributed by atoms with Crippen LogP contribution in [-0.4, -0.2) is 4.98 Å². The lowest BCUT2D eigenvalue weighted by molar-refractivity contribution is 0.614. The number of hydrogen-bond donors (Lipinski definition) is 1. The van der Waals surface area contributed by atoms with E-state index in [1.165, 1.54) is 0 Å². The summed E-state index contributed by atoms with van der Waals surface area (Å²) in [6.45, 7) is 0. The van der Waals surface area contributed by atoms with Crippen molar-refractivity contribution in [1.82, 2.24) is 4.98 Å². The van der Waals surface area contributed by atoms with Gasteiger partial charge in [-0.3, -0.25) is 4.98 Å². The van der Waals surface area contributed by atoms with Crippen LogP contribution in [0.2, 0.25) is 0 Å². The molecule has 0 bridgehead atoms. The van der Waals surface area contributed by atoms with Gasteiger partial charge in [-0.05, 0) is 23.8 Å². The standard InChI is InChI=1S/C16H11N3O/c17-9-13(11-5-7-19-8-6-11)16(18)14-10-20-15-4-2-1-3-12(14)15/h1-8,10H,18H2/b16-13-. The van der Waals surface area contributed by atoms with Crippen LogP contribution in [0.3, 0.4) is 0 Å². The van der Waals surface area contributed by atoms with E-state index in [0.717, 1.165) is 22.1 Å².